The number of hydrogen-bond acceptors (Lipinski definition) is 6. The number of hydrogen-bond donors (Lipinski definition) is 0. The maximum Gasteiger partial charge on any atom is 0.328 e. The van der Waals surface area contributed by atoms with Gasteiger partial charge in [0.15, 0.2) is 11.6 Å². The number of benzene rings is 2. The van der Waals surface area contributed by atoms with Crippen LogP contribution in [0, 0.1) is 11.6 Å². The fourth-order valence-electron chi connectivity index (χ4n) is 2.79. The first-order chi connectivity index (χ1) is 13.5. The zero-order chi connectivity index (χ0) is 20.1. The van der Waals surface area contributed by atoms with Gasteiger partial charge in [0.2, 0.25) is 11.8 Å². The number of carbonyl (C=O) groups excluding carboxylic acids is 1. The Kier molecular flexibility index (Phi) is 6.10. The molecule has 1 atom stereocenters. The van der Waals surface area contributed by atoms with Gasteiger partial charge in [-0.2, -0.15) is 0 Å². The first-order valence-electron chi connectivity index (χ1n) is 8.69. The molecule has 146 valence electrons. The molecule has 0 aliphatic carbocycles. The first-order valence-corrected chi connectivity index (χ1v) is 8.69. The van der Waals surface area contributed by atoms with Gasteiger partial charge >= 0.3 is 5.97 Å². The van der Waals surface area contributed by atoms with Crippen molar-refractivity contribution < 1.29 is 22.7 Å². The molecule has 0 spiro atoms. The third kappa shape index (κ3) is 4.40. The van der Waals surface area contributed by atoms with Crippen molar-refractivity contribution in [2.24, 2.45) is 0 Å². The van der Waals surface area contributed by atoms with E-state index in [1.54, 1.807) is 18.9 Å². The monoisotopic (exact) mass is 387 g/mol. The molecule has 0 aliphatic heterocycles. The molecule has 1 heterocycles. The van der Waals surface area contributed by atoms with Crippen molar-refractivity contribution in [3.05, 3.63) is 71.6 Å². The van der Waals surface area contributed by atoms with Crippen molar-refractivity contribution in [3.8, 4) is 11.5 Å². The van der Waals surface area contributed by atoms with Gasteiger partial charge in [-0.3, -0.25) is 4.90 Å². The Morgan fingerprint density at radius 3 is 2.57 bits per heavy atom. The summed E-state index contributed by atoms with van der Waals surface area (Å²) in [5, 5.41) is 8.01. The number of aromatic nitrogens is 2. The van der Waals surface area contributed by atoms with E-state index in [-0.39, 0.29) is 24.6 Å². The van der Waals surface area contributed by atoms with Gasteiger partial charge in [-0.1, -0.05) is 24.3 Å². The van der Waals surface area contributed by atoms with Gasteiger partial charge in [-0.05, 0) is 43.8 Å². The number of likely N-dealkylation sites (N-methyl/N-ethyl adjacent to an activating group) is 1. The maximum absolute atomic E-state index is 13.7. The molecule has 0 radical (unpaired) electrons. The van der Waals surface area contributed by atoms with Gasteiger partial charge in [0, 0.05) is 5.56 Å². The third-order valence-electron chi connectivity index (χ3n) is 4.08. The van der Waals surface area contributed by atoms with E-state index in [4.69, 9.17) is 9.15 Å². The number of nitrogens with zero attached hydrogens (tertiary/aromatic N) is 3. The van der Waals surface area contributed by atoms with Crippen LogP contribution in [0.15, 0.2) is 52.9 Å². The second-order valence-corrected chi connectivity index (χ2v) is 6.11. The van der Waals surface area contributed by atoms with Crippen molar-refractivity contribution in [1.29, 1.82) is 0 Å². The van der Waals surface area contributed by atoms with Gasteiger partial charge in [0.25, 0.3) is 0 Å². The highest BCUT2D eigenvalue weighted by Gasteiger charge is 2.29. The minimum atomic E-state index is -1.04. The summed E-state index contributed by atoms with van der Waals surface area (Å²) in [6.45, 7) is 1.94. The minimum Gasteiger partial charge on any atom is -0.465 e. The van der Waals surface area contributed by atoms with Crippen molar-refractivity contribution in [1.82, 2.24) is 15.1 Å². The summed E-state index contributed by atoms with van der Waals surface area (Å²) >= 11 is 0. The topological polar surface area (TPSA) is 68.5 Å². The molecular formula is C20H19F2N3O3. The molecule has 0 N–H and O–H groups in total. The number of esters is 1. The summed E-state index contributed by atoms with van der Waals surface area (Å²) in [4.78, 5) is 14.0. The van der Waals surface area contributed by atoms with Crippen LogP contribution in [0.1, 0.15) is 24.4 Å². The van der Waals surface area contributed by atoms with Crippen LogP contribution in [0.5, 0.6) is 0 Å². The molecule has 0 bridgehead atoms. The van der Waals surface area contributed by atoms with Gasteiger partial charge in [-0.15, -0.1) is 10.2 Å². The molecule has 6 nitrogen and oxygen atoms in total. The Bertz CT molecular complexity index is 947. The second-order valence-electron chi connectivity index (χ2n) is 6.11. The molecular weight excluding hydrogens is 368 g/mol. The summed E-state index contributed by atoms with van der Waals surface area (Å²) in [5.74, 6) is -1.98. The van der Waals surface area contributed by atoms with E-state index in [1.165, 1.54) is 6.07 Å². The Morgan fingerprint density at radius 1 is 1.14 bits per heavy atom. The lowest BCUT2D eigenvalue weighted by Crippen LogP contribution is -2.32. The Hall–Kier alpha value is -3.13. The predicted octanol–water partition coefficient (Wildman–Crippen LogP) is 3.75. The number of ether oxygens (including phenoxy) is 1. The summed E-state index contributed by atoms with van der Waals surface area (Å²) in [7, 11) is 1.63. The molecule has 3 rings (SSSR count). The molecule has 1 aromatic heterocycles. The van der Waals surface area contributed by atoms with Gasteiger partial charge in [-0.25, -0.2) is 13.6 Å². The largest absolute Gasteiger partial charge is 0.465 e. The zero-order valence-corrected chi connectivity index (χ0v) is 15.4. The Labute approximate surface area is 160 Å². The Balaban J connectivity index is 1.83. The summed E-state index contributed by atoms with van der Waals surface area (Å²) in [6.07, 6.45) is 0. The fraction of sp³-hybridized carbons (Fsp3) is 0.250. The highest BCUT2D eigenvalue weighted by atomic mass is 19.2. The highest BCUT2D eigenvalue weighted by molar-refractivity contribution is 5.77. The van der Waals surface area contributed by atoms with Crippen LogP contribution in [0.3, 0.4) is 0 Å². The van der Waals surface area contributed by atoms with Crippen molar-refractivity contribution in [3.63, 3.8) is 0 Å². The van der Waals surface area contributed by atoms with E-state index < -0.39 is 23.6 Å². The quantitative estimate of drug-likeness (QED) is 0.575. The molecule has 28 heavy (non-hydrogen) atoms. The molecule has 1 unspecified atom stereocenters. The van der Waals surface area contributed by atoms with E-state index in [1.807, 2.05) is 30.3 Å². The lowest BCUT2D eigenvalue weighted by Gasteiger charge is -2.25. The van der Waals surface area contributed by atoms with Gasteiger partial charge in [0.05, 0.1) is 13.2 Å². The first kappa shape index (κ1) is 19.6. The van der Waals surface area contributed by atoms with E-state index in [9.17, 15) is 13.6 Å². The SMILES string of the molecule is CCOC(=O)C(c1ccc(F)c(F)c1)N(C)Cc1nnc(-c2ccccc2)o1. The summed E-state index contributed by atoms with van der Waals surface area (Å²) < 4.78 is 37.7. The van der Waals surface area contributed by atoms with Crippen LogP contribution < -0.4 is 0 Å². The average molecular weight is 387 g/mol. The molecule has 8 heteroatoms. The molecule has 0 saturated carbocycles. The average Bonchev–Trinajstić information content (AvgIpc) is 3.14. The van der Waals surface area contributed by atoms with Crippen LogP contribution in [-0.2, 0) is 16.1 Å². The van der Waals surface area contributed by atoms with Crippen molar-refractivity contribution >= 4 is 5.97 Å². The van der Waals surface area contributed by atoms with Crippen LogP contribution in [0.2, 0.25) is 0 Å². The van der Waals surface area contributed by atoms with Crippen LogP contribution >= 0.6 is 0 Å². The molecule has 2 aromatic carbocycles. The minimum absolute atomic E-state index is 0.113. The molecule has 0 saturated heterocycles. The van der Waals surface area contributed by atoms with Crippen molar-refractivity contribution in [2.45, 2.75) is 19.5 Å². The van der Waals surface area contributed by atoms with E-state index in [0.29, 0.717) is 5.89 Å². The summed E-state index contributed by atoms with van der Waals surface area (Å²) in [6, 6.07) is 11.6. The molecule has 0 amide bonds. The number of halogens is 2. The second kappa shape index (κ2) is 8.71. The molecule has 3 aromatic rings. The van der Waals surface area contributed by atoms with E-state index >= 15 is 0 Å². The Morgan fingerprint density at radius 2 is 1.89 bits per heavy atom. The lowest BCUT2D eigenvalue weighted by molar-refractivity contribution is -0.149. The van der Waals surface area contributed by atoms with Crippen LogP contribution in [0.4, 0.5) is 8.78 Å². The van der Waals surface area contributed by atoms with Crippen LogP contribution in [-0.4, -0.2) is 34.7 Å². The van der Waals surface area contributed by atoms with Gasteiger partial charge in [0.1, 0.15) is 6.04 Å². The smallest absolute Gasteiger partial charge is 0.328 e. The van der Waals surface area contributed by atoms with E-state index in [0.717, 1.165) is 17.7 Å². The van der Waals surface area contributed by atoms with Crippen molar-refractivity contribution in [2.75, 3.05) is 13.7 Å². The predicted molar refractivity (Wildman–Crippen MR) is 96.9 cm³/mol. The van der Waals surface area contributed by atoms with Gasteiger partial charge < -0.3 is 9.15 Å². The van der Waals surface area contributed by atoms with E-state index in [2.05, 4.69) is 10.2 Å². The third-order valence-corrected chi connectivity index (χ3v) is 4.08. The standard InChI is InChI=1S/C20H19F2N3O3/c1-3-27-20(26)18(14-9-10-15(21)16(22)11-14)25(2)12-17-23-24-19(28-17)13-7-5-4-6-8-13/h4-11,18H,3,12H2,1-2H3. The van der Waals surface area contributed by atoms with Crippen LogP contribution in [0.25, 0.3) is 11.5 Å². The maximum atomic E-state index is 13.7. The normalized spacial score (nSPS) is 12.2. The lowest BCUT2D eigenvalue weighted by atomic mass is 10.1. The molecule has 0 aliphatic rings. The zero-order valence-electron chi connectivity index (χ0n) is 15.4. The molecule has 0 fully saturated rings. The fourth-order valence-corrected chi connectivity index (χ4v) is 2.79. The number of rotatable bonds is 7. The number of carbonyl (C=O) groups is 1. The summed E-state index contributed by atoms with van der Waals surface area (Å²) in [5.41, 5.74) is 1.04. The highest BCUT2D eigenvalue weighted by Crippen LogP contribution is 2.25.